The zero-order valence-electron chi connectivity index (χ0n) is 33.3. The summed E-state index contributed by atoms with van der Waals surface area (Å²) in [7, 11) is -2.36. The fraction of sp³-hybridized carbons (Fsp3) is 0.667. The van der Waals surface area contributed by atoms with Crippen LogP contribution < -0.4 is 24.8 Å². The van der Waals surface area contributed by atoms with Gasteiger partial charge in [-0.1, -0.05) is 66.2 Å². The fourth-order valence-corrected chi connectivity index (χ4v) is 9.02. The average Bonchev–Trinajstić information content (AvgIpc) is 4.02. The Labute approximate surface area is 328 Å². The highest BCUT2D eigenvalue weighted by atomic mass is 32.2. The number of nitrogens with one attached hydrogen (secondary N) is 3. The van der Waals surface area contributed by atoms with E-state index in [-0.39, 0.29) is 51.6 Å². The van der Waals surface area contributed by atoms with Gasteiger partial charge in [0.1, 0.15) is 30.3 Å². The SMILES string of the molecule is CC[C@H]1C[C@@]1(NC(=O)[C@@H]1CC2CN1C(=O)[C@H](C(C)(C)C)NC(=O)OCC(C)(C)C/C=C/COc1c(OC)ccc3c1CN(C3)C(=O)O2)C(=O)NS(=O)(=O)C1CC1. The molecule has 6 rings (SSSR count). The van der Waals surface area contributed by atoms with Gasteiger partial charge in [0.25, 0.3) is 5.91 Å². The number of fused-ring (bicyclic) bond motifs is 3. The number of benzene rings is 1. The van der Waals surface area contributed by atoms with E-state index in [1.807, 2.05) is 39.0 Å². The molecule has 5 aliphatic rings. The molecule has 5 amide bonds. The van der Waals surface area contributed by atoms with Gasteiger partial charge in [0.2, 0.25) is 21.8 Å². The van der Waals surface area contributed by atoms with E-state index in [0.717, 1.165) is 11.1 Å². The van der Waals surface area contributed by atoms with E-state index in [1.165, 1.54) is 16.9 Å². The highest BCUT2D eigenvalue weighted by Crippen LogP contribution is 2.47. The van der Waals surface area contributed by atoms with Gasteiger partial charge < -0.3 is 34.5 Å². The van der Waals surface area contributed by atoms with Crippen molar-refractivity contribution in [2.75, 3.05) is 26.9 Å². The Balaban J connectivity index is 1.30. The van der Waals surface area contributed by atoms with Crippen LogP contribution in [0.25, 0.3) is 0 Å². The molecule has 3 fully saturated rings. The number of hydrogen-bond acceptors (Lipinski definition) is 11. The van der Waals surface area contributed by atoms with Crippen LogP contribution in [0.15, 0.2) is 24.3 Å². The first-order valence-electron chi connectivity index (χ1n) is 19.3. The van der Waals surface area contributed by atoms with Crippen molar-refractivity contribution in [3.05, 3.63) is 35.4 Å². The molecular weight excluding hydrogens is 747 g/mol. The largest absolute Gasteiger partial charge is 0.493 e. The summed E-state index contributed by atoms with van der Waals surface area (Å²) in [6.45, 7) is 11.5. The van der Waals surface area contributed by atoms with E-state index >= 15 is 0 Å². The van der Waals surface area contributed by atoms with Gasteiger partial charge in [-0.3, -0.25) is 24.0 Å². The number of carbonyl (C=O) groups is 5. The Morgan fingerprint density at radius 2 is 1.80 bits per heavy atom. The molecule has 0 spiro atoms. The Hall–Kier alpha value is -4.54. The first kappa shape index (κ1) is 41.1. The lowest BCUT2D eigenvalue weighted by Crippen LogP contribution is -2.60. The topological polar surface area (TPSA) is 199 Å². The van der Waals surface area contributed by atoms with Crippen LogP contribution in [0.4, 0.5) is 9.59 Å². The van der Waals surface area contributed by atoms with Crippen LogP contribution in [0.1, 0.15) is 91.2 Å². The molecule has 3 N–H and O–H groups in total. The summed E-state index contributed by atoms with van der Waals surface area (Å²) >= 11 is 0. The van der Waals surface area contributed by atoms with Crippen molar-refractivity contribution in [1.29, 1.82) is 0 Å². The maximum absolute atomic E-state index is 14.6. The lowest BCUT2D eigenvalue weighted by molar-refractivity contribution is -0.143. The van der Waals surface area contributed by atoms with E-state index in [1.54, 1.807) is 26.8 Å². The van der Waals surface area contributed by atoms with Crippen molar-refractivity contribution >= 4 is 39.9 Å². The Kier molecular flexibility index (Phi) is 11.3. The summed E-state index contributed by atoms with van der Waals surface area (Å²) < 4.78 is 51.0. The van der Waals surface area contributed by atoms with E-state index in [2.05, 4.69) is 15.4 Å². The summed E-state index contributed by atoms with van der Waals surface area (Å²) in [5.74, 6) is -1.44. The molecule has 16 nitrogen and oxygen atoms in total. The average molecular weight is 802 g/mol. The van der Waals surface area contributed by atoms with Crippen molar-refractivity contribution in [2.45, 2.75) is 122 Å². The molecule has 1 unspecified atom stereocenters. The molecule has 56 heavy (non-hydrogen) atoms. The van der Waals surface area contributed by atoms with Crippen LogP contribution in [0, 0.1) is 16.7 Å². The second-order valence-electron chi connectivity index (χ2n) is 17.5. The number of rotatable bonds is 7. The Morgan fingerprint density at radius 3 is 2.45 bits per heavy atom. The maximum Gasteiger partial charge on any atom is 0.410 e. The standard InChI is InChI=1S/C39H55N5O11S/c1-8-24-18-39(24,34(47)42-56(50,51)26-12-13-26)41-32(45)28-17-25-20-44(28)33(46)31(37(2,3)4)40-35(48)54-22-38(5,6)15-9-10-16-53-30-27-21-43(36(49)55-25)19-23(27)11-14-29(30)52-7/h9-11,14,24-26,28,31H,8,12-13,15-22H2,1-7H3,(H,40,48)(H,41,45)(H,42,47)/b10-9+/t24-,25?,28-,31+,39-/m0/s1. The van der Waals surface area contributed by atoms with Gasteiger partial charge in [-0.05, 0) is 48.6 Å². The zero-order chi connectivity index (χ0) is 40.8. The molecule has 1 aromatic rings. The molecule has 3 aliphatic heterocycles. The highest BCUT2D eigenvalue weighted by Gasteiger charge is 2.62. The summed E-state index contributed by atoms with van der Waals surface area (Å²) in [5, 5.41) is 4.89. The summed E-state index contributed by atoms with van der Waals surface area (Å²) in [5.41, 5.74) is -1.19. The lowest BCUT2D eigenvalue weighted by Gasteiger charge is -2.35. The Morgan fingerprint density at radius 1 is 1.07 bits per heavy atom. The van der Waals surface area contributed by atoms with Gasteiger partial charge in [-0.25, -0.2) is 18.0 Å². The van der Waals surface area contributed by atoms with Crippen molar-refractivity contribution in [3.8, 4) is 11.5 Å². The third-order valence-electron chi connectivity index (χ3n) is 11.3. The third kappa shape index (κ3) is 8.71. The number of amides is 5. The number of carbonyl (C=O) groups excluding carboxylic acids is 5. The predicted molar refractivity (Wildman–Crippen MR) is 203 cm³/mol. The van der Waals surface area contributed by atoms with E-state index in [9.17, 15) is 32.4 Å². The molecule has 3 heterocycles. The molecule has 2 saturated carbocycles. The van der Waals surface area contributed by atoms with Crippen LogP contribution in [0.2, 0.25) is 0 Å². The van der Waals surface area contributed by atoms with Crippen LogP contribution in [-0.4, -0.2) is 104 Å². The van der Waals surface area contributed by atoms with Crippen molar-refractivity contribution in [2.24, 2.45) is 16.7 Å². The first-order valence-corrected chi connectivity index (χ1v) is 20.9. The summed E-state index contributed by atoms with van der Waals surface area (Å²) in [6.07, 6.45) is 3.44. The van der Waals surface area contributed by atoms with E-state index in [4.69, 9.17) is 18.9 Å². The monoisotopic (exact) mass is 801 g/mol. The highest BCUT2D eigenvalue weighted by molar-refractivity contribution is 7.91. The van der Waals surface area contributed by atoms with Gasteiger partial charge in [0.15, 0.2) is 11.5 Å². The zero-order valence-corrected chi connectivity index (χ0v) is 34.1. The van der Waals surface area contributed by atoms with Crippen LogP contribution in [-0.2, 0) is 47.0 Å². The first-order chi connectivity index (χ1) is 26.3. The summed E-state index contributed by atoms with van der Waals surface area (Å²) in [6, 6.07) is 1.25. The number of sulfonamides is 1. The quantitative estimate of drug-likeness (QED) is 0.341. The van der Waals surface area contributed by atoms with E-state index in [0.29, 0.717) is 37.2 Å². The second-order valence-corrected chi connectivity index (χ2v) is 19.4. The Bertz CT molecular complexity index is 1890. The van der Waals surface area contributed by atoms with E-state index < -0.39 is 79.7 Å². The second kappa shape index (κ2) is 15.4. The smallest absolute Gasteiger partial charge is 0.410 e. The number of methoxy groups -OCH3 is 1. The summed E-state index contributed by atoms with van der Waals surface area (Å²) in [4.78, 5) is 72.2. The van der Waals surface area contributed by atoms with Crippen LogP contribution in [0.3, 0.4) is 0 Å². The minimum atomic E-state index is -3.90. The number of nitrogens with zero attached hydrogens (tertiary/aromatic N) is 2. The minimum Gasteiger partial charge on any atom is -0.493 e. The molecule has 1 saturated heterocycles. The number of cyclic esters (lactones) is 1. The molecule has 0 aromatic heterocycles. The van der Waals surface area contributed by atoms with Crippen molar-refractivity contribution in [3.63, 3.8) is 0 Å². The predicted octanol–water partition coefficient (Wildman–Crippen LogP) is 3.52. The molecule has 5 atom stereocenters. The molecular formula is C39H55N5O11S. The fourth-order valence-electron chi connectivity index (χ4n) is 7.65. The van der Waals surface area contributed by atoms with Gasteiger partial charge in [-0.15, -0.1) is 0 Å². The van der Waals surface area contributed by atoms with Crippen LogP contribution >= 0.6 is 0 Å². The van der Waals surface area contributed by atoms with Crippen LogP contribution in [0.5, 0.6) is 11.5 Å². The van der Waals surface area contributed by atoms with Gasteiger partial charge in [0, 0.05) is 23.9 Å². The number of allylic oxidation sites excluding steroid dienone is 1. The lowest BCUT2D eigenvalue weighted by atomic mass is 9.85. The number of alkyl carbamates (subject to hydrolysis) is 1. The molecule has 308 valence electrons. The normalized spacial score (nSPS) is 28.8. The molecule has 1 aromatic carbocycles. The molecule has 17 heteroatoms. The molecule has 0 radical (unpaired) electrons. The molecule has 4 bridgehead atoms. The number of hydrogen-bond donors (Lipinski definition) is 3. The minimum absolute atomic E-state index is 0.0386. The van der Waals surface area contributed by atoms with Crippen molar-refractivity contribution in [1.82, 2.24) is 25.2 Å². The molecule has 2 aliphatic carbocycles. The van der Waals surface area contributed by atoms with Gasteiger partial charge in [-0.2, -0.15) is 0 Å². The maximum atomic E-state index is 14.6. The van der Waals surface area contributed by atoms with Crippen molar-refractivity contribution < 1.29 is 51.3 Å². The van der Waals surface area contributed by atoms with Gasteiger partial charge >= 0.3 is 12.2 Å². The number of ether oxygens (including phenoxy) is 4. The third-order valence-corrected chi connectivity index (χ3v) is 13.1. The van der Waals surface area contributed by atoms with Gasteiger partial charge in [0.05, 0.1) is 32.1 Å².